The highest BCUT2D eigenvalue weighted by Gasteiger charge is 2.23. The molecule has 0 radical (unpaired) electrons. The molecule has 0 unspecified atom stereocenters. The van der Waals surface area contributed by atoms with Gasteiger partial charge in [-0.3, -0.25) is 14.4 Å². The van der Waals surface area contributed by atoms with Gasteiger partial charge in [-0.25, -0.2) is 4.79 Å². The molecule has 1 fully saturated rings. The van der Waals surface area contributed by atoms with E-state index < -0.39 is 5.97 Å². The van der Waals surface area contributed by atoms with Crippen LogP contribution in [-0.4, -0.2) is 48.2 Å². The average molecular weight is 627 g/mol. The second-order valence-electron chi connectivity index (χ2n) is 12.0. The highest BCUT2D eigenvalue weighted by Crippen LogP contribution is 2.26. The van der Waals surface area contributed by atoms with Crippen LogP contribution in [0.1, 0.15) is 97.9 Å². The summed E-state index contributed by atoms with van der Waals surface area (Å²) >= 11 is 0. The molecule has 0 aliphatic heterocycles. The van der Waals surface area contributed by atoms with E-state index in [2.05, 4.69) is 12.2 Å². The van der Waals surface area contributed by atoms with E-state index in [-0.39, 0.29) is 30.1 Å². The molecule has 8 heteroatoms. The van der Waals surface area contributed by atoms with Crippen molar-refractivity contribution in [3.63, 3.8) is 0 Å². The van der Waals surface area contributed by atoms with E-state index in [1.807, 2.05) is 12.1 Å². The smallest absolute Gasteiger partial charge is 0.343 e. The van der Waals surface area contributed by atoms with Crippen LogP contribution in [0.4, 0.5) is 5.69 Å². The Hall–Kier alpha value is -4.46. The Kier molecular flexibility index (Phi) is 13.4. The van der Waals surface area contributed by atoms with Gasteiger partial charge in [0, 0.05) is 23.7 Å². The topological polar surface area (TPSA) is 102 Å². The number of esters is 1. The fourth-order valence-corrected chi connectivity index (χ4v) is 5.57. The van der Waals surface area contributed by atoms with E-state index in [0.717, 1.165) is 49.8 Å². The molecule has 3 aromatic carbocycles. The van der Waals surface area contributed by atoms with Crippen molar-refractivity contribution in [1.29, 1.82) is 0 Å². The van der Waals surface area contributed by atoms with E-state index in [4.69, 9.17) is 9.47 Å². The minimum absolute atomic E-state index is 0.00249. The molecule has 3 aromatic rings. The number of hydrogen-bond donors (Lipinski definition) is 1. The summed E-state index contributed by atoms with van der Waals surface area (Å²) in [4.78, 5) is 51.9. The van der Waals surface area contributed by atoms with Crippen LogP contribution in [-0.2, 0) is 16.0 Å². The number of anilines is 1. The molecule has 2 amide bonds. The first-order chi connectivity index (χ1) is 22.3. The molecule has 0 aromatic heterocycles. The van der Waals surface area contributed by atoms with E-state index >= 15 is 0 Å². The highest BCUT2D eigenvalue weighted by atomic mass is 16.5. The maximum Gasteiger partial charge on any atom is 0.343 e. The molecule has 0 heterocycles. The van der Waals surface area contributed by atoms with Gasteiger partial charge in [0.25, 0.3) is 5.91 Å². The number of nitrogens with zero attached hydrogens (tertiary/aromatic N) is 1. The highest BCUT2D eigenvalue weighted by molar-refractivity contribution is 5.98. The van der Waals surface area contributed by atoms with Crippen LogP contribution in [0.15, 0.2) is 72.8 Å². The Bertz CT molecular complexity index is 1430. The lowest BCUT2D eigenvalue weighted by atomic mass is 10.1. The predicted octanol–water partition coefficient (Wildman–Crippen LogP) is 7.66. The summed E-state index contributed by atoms with van der Waals surface area (Å²) in [6, 6.07) is 20.9. The first-order valence-electron chi connectivity index (χ1n) is 16.6. The Labute approximate surface area is 272 Å². The van der Waals surface area contributed by atoms with Crippen molar-refractivity contribution in [2.24, 2.45) is 5.92 Å². The van der Waals surface area contributed by atoms with Gasteiger partial charge in [0.2, 0.25) is 5.91 Å². The molecule has 1 aliphatic carbocycles. The summed E-state index contributed by atoms with van der Waals surface area (Å²) < 4.78 is 11.3. The van der Waals surface area contributed by atoms with Crippen LogP contribution in [0.25, 0.3) is 0 Å². The summed E-state index contributed by atoms with van der Waals surface area (Å²) in [5.41, 5.74) is 2.47. The van der Waals surface area contributed by atoms with E-state index in [1.54, 1.807) is 60.7 Å². The quantitative estimate of drug-likeness (QED) is 0.0938. The number of ketones is 1. The summed E-state index contributed by atoms with van der Waals surface area (Å²) in [5.74, 6) is 0.406. The van der Waals surface area contributed by atoms with E-state index in [9.17, 15) is 19.2 Å². The minimum Gasteiger partial charge on any atom is -0.494 e. The maximum atomic E-state index is 13.3. The van der Waals surface area contributed by atoms with Crippen molar-refractivity contribution in [3.05, 3.63) is 89.5 Å². The van der Waals surface area contributed by atoms with Gasteiger partial charge in [-0.05, 0) is 98.8 Å². The lowest BCUT2D eigenvalue weighted by Gasteiger charge is -2.22. The molecular weight excluding hydrogens is 580 g/mol. The number of ether oxygens (including phenoxy) is 2. The minimum atomic E-state index is -0.457. The van der Waals surface area contributed by atoms with Crippen molar-refractivity contribution in [1.82, 2.24) is 4.90 Å². The molecule has 0 spiro atoms. The number of benzene rings is 3. The van der Waals surface area contributed by atoms with Gasteiger partial charge < -0.3 is 19.7 Å². The molecule has 1 saturated carbocycles. The Morgan fingerprint density at radius 3 is 2.07 bits per heavy atom. The first-order valence-corrected chi connectivity index (χ1v) is 16.6. The second kappa shape index (κ2) is 17.9. The first kappa shape index (κ1) is 34.4. The fraction of sp³-hybridized carbons (Fsp3) is 0.421. The van der Waals surface area contributed by atoms with Gasteiger partial charge in [-0.2, -0.15) is 0 Å². The van der Waals surface area contributed by atoms with Crippen LogP contribution >= 0.6 is 0 Å². The maximum absolute atomic E-state index is 13.3. The molecule has 0 bridgehead atoms. The van der Waals surface area contributed by atoms with Gasteiger partial charge in [0.15, 0.2) is 0 Å². The van der Waals surface area contributed by atoms with Crippen molar-refractivity contribution in [2.75, 3.05) is 25.0 Å². The Morgan fingerprint density at radius 2 is 1.41 bits per heavy atom. The lowest BCUT2D eigenvalue weighted by Crippen LogP contribution is -2.36. The fourth-order valence-electron chi connectivity index (χ4n) is 5.57. The molecule has 0 atom stereocenters. The predicted molar refractivity (Wildman–Crippen MR) is 179 cm³/mol. The summed E-state index contributed by atoms with van der Waals surface area (Å²) in [6.45, 7) is 4.65. The monoisotopic (exact) mass is 626 g/mol. The standard InChI is InChI=1S/C38H46N2O6/c1-3-4-5-6-9-26-45-34-22-16-32(17-23-34)38(44)46-35-20-12-29(13-21-35)24-25-40(27-28(2)41)37(43)31-14-18-33(19-15-31)39-36(42)30-10-7-8-11-30/h12-23,30H,3-11,24-27H2,1-2H3,(H,39,42). The third-order valence-corrected chi connectivity index (χ3v) is 8.24. The molecule has 8 nitrogen and oxygen atoms in total. The molecule has 4 rings (SSSR count). The molecular formula is C38H46N2O6. The molecule has 244 valence electrons. The number of carbonyl (C=O) groups excluding carboxylic acids is 4. The number of hydrogen-bond acceptors (Lipinski definition) is 6. The number of Topliss-reactive ketones (excluding diaryl/α,β-unsaturated/α-hetero) is 1. The zero-order valence-electron chi connectivity index (χ0n) is 27.1. The molecule has 1 N–H and O–H groups in total. The van der Waals surface area contributed by atoms with Crippen molar-refractivity contribution >= 4 is 29.3 Å². The SMILES string of the molecule is CCCCCCCOc1ccc(C(=O)Oc2ccc(CCN(CC(C)=O)C(=O)c3ccc(NC(=O)C4CCCC4)cc3)cc2)cc1. The van der Waals surface area contributed by atoms with Crippen molar-refractivity contribution in [2.45, 2.75) is 78.1 Å². The number of amides is 2. The Morgan fingerprint density at radius 1 is 0.783 bits per heavy atom. The summed E-state index contributed by atoms with van der Waals surface area (Å²) in [7, 11) is 0. The summed E-state index contributed by atoms with van der Waals surface area (Å²) in [5, 5.41) is 2.94. The largest absolute Gasteiger partial charge is 0.494 e. The van der Waals surface area contributed by atoms with Gasteiger partial charge in [-0.15, -0.1) is 0 Å². The zero-order chi connectivity index (χ0) is 32.7. The molecule has 0 saturated heterocycles. The van der Waals surface area contributed by atoms with Crippen LogP contribution in [0.5, 0.6) is 11.5 Å². The van der Waals surface area contributed by atoms with Gasteiger partial charge >= 0.3 is 5.97 Å². The third kappa shape index (κ3) is 10.9. The van der Waals surface area contributed by atoms with Crippen LogP contribution in [0.3, 0.4) is 0 Å². The molecule has 46 heavy (non-hydrogen) atoms. The van der Waals surface area contributed by atoms with E-state index in [1.165, 1.54) is 31.1 Å². The molecule has 1 aliphatic rings. The summed E-state index contributed by atoms with van der Waals surface area (Å²) in [6.07, 6.45) is 10.4. The number of rotatable bonds is 17. The van der Waals surface area contributed by atoms with E-state index in [0.29, 0.717) is 42.1 Å². The van der Waals surface area contributed by atoms with Crippen molar-refractivity contribution < 1.29 is 28.7 Å². The lowest BCUT2D eigenvalue weighted by molar-refractivity contribution is -0.119. The van der Waals surface area contributed by atoms with Crippen LogP contribution < -0.4 is 14.8 Å². The van der Waals surface area contributed by atoms with Gasteiger partial charge in [0.05, 0.1) is 18.7 Å². The van der Waals surface area contributed by atoms with Crippen molar-refractivity contribution in [3.8, 4) is 11.5 Å². The van der Waals surface area contributed by atoms with Crippen LogP contribution in [0, 0.1) is 5.92 Å². The Balaban J connectivity index is 1.25. The normalized spacial score (nSPS) is 12.8. The average Bonchev–Trinajstić information content (AvgIpc) is 3.61. The zero-order valence-corrected chi connectivity index (χ0v) is 27.1. The third-order valence-electron chi connectivity index (χ3n) is 8.24. The number of nitrogens with one attached hydrogen (secondary N) is 1. The van der Waals surface area contributed by atoms with Crippen LogP contribution in [0.2, 0.25) is 0 Å². The van der Waals surface area contributed by atoms with Gasteiger partial charge in [0.1, 0.15) is 17.3 Å². The van der Waals surface area contributed by atoms with Gasteiger partial charge in [-0.1, -0.05) is 57.6 Å². The number of unbranched alkanes of at least 4 members (excludes halogenated alkanes) is 4. The second-order valence-corrected chi connectivity index (χ2v) is 12.0. The number of carbonyl (C=O) groups is 4.